The highest BCUT2D eigenvalue weighted by atomic mass is 32.2. The minimum atomic E-state index is -0.754. The lowest BCUT2D eigenvalue weighted by atomic mass is 10.1. The summed E-state index contributed by atoms with van der Waals surface area (Å²) in [5, 5.41) is 8.56. The van der Waals surface area contributed by atoms with Crippen LogP contribution in [0.3, 0.4) is 0 Å². The van der Waals surface area contributed by atoms with E-state index in [9.17, 15) is 4.79 Å². The van der Waals surface area contributed by atoms with Gasteiger partial charge in [-0.05, 0) is 37.1 Å². The van der Waals surface area contributed by atoms with Gasteiger partial charge < -0.3 is 9.84 Å². The average molecular weight is 240 g/mol. The minimum absolute atomic E-state index is 0.190. The predicted molar refractivity (Wildman–Crippen MR) is 65.4 cm³/mol. The summed E-state index contributed by atoms with van der Waals surface area (Å²) in [6.07, 6.45) is 0.190. The zero-order chi connectivity index (χ0) is 12.1. The van der Waals surface area contributed by atoms with Crippen molar-refractivity contribution in [2.24, 2.45) is 0 Å². The molecule has 0 atom stereocenters. The summed E-state index contributed by atoms with van der Waals surface area (Å²) in [5.74, 6) is 0.720. The summed E-state index contributed by atoms with van der Waals surface area (Å²) < 4.78 is 5.22. The van der Waals surface area contributed by atoms with Crippen LogP contribution in [-0.4, -0.2) is 23.9 Å². The third-order valence-corrected chi connectivity index (χ3v) is 3.43. The van der Waals surface area contributed by atoms with Gasteiger partial charge in [-0.2, -0.15) is 0 Å². The smallest absolute Gasteiger partial charge is 0.304 e. The lowest BCUT2D eigenvalue weighted by Gasteiger charge is -2.10. The first kappa shape index (κ1) is 12.9. The number of carboxylic acid groups (broad SMARTS) is 1. The van der Waals surface area contributed by atoms with Crippen LogP contribution in [0, 0.1) is 13.8 Å². The molecule has 1 rings (SSSR count). The molecular weight excluding hydrogens is 224 g/mol. The van der Waals surface area contributed by atoms with Crippen LogP contribution >= 0.6 is 11.8 Å². The first-order chi connectivity index (χ1) is 7.54. The summed E-state index contributed by atoms with van der Waals surface area (Å²) in [4.78, 5) is 11.5. The number of aliphatic carboxylic acids is 1. The summed E-state index contributed by atoms with van der Waals surface area (Å²) in [5.41, 5.74) is 2.20. The first-order valence-corrected chi connectivity index (χ1v) is 6.03. The summed E-state index contributed by atoms with van der Waals surface area (Å²) in [6, 6.07) is 4.03. The van der Waals surface area contributed by atoms with Gasteiger partial charge in [0.1, 0.15) is 5.75 Å². The fraction of sp³-hybridized carbons (Fsp3) is 0.417. The van der Waals surface area contributed by atoms with E-state index in [2.05, 4.69) is 0 Å². The Morgan fingerprint density at radius 3 is 2.62 bits per heavy atom. The van der Waals surface area contributed by atoms with Crippen molar-refractivity contribution in [3.05, 3.63) is 23.3 Å². The summed E-state index contributed by atoms with van der Waals surface area (Å²) in [7, 11) is 1.65. The fourth-order valence-electron chi connectivity index (χ4n) is 1.39. The molecule has 0 saturated heterocycles. The molecule has 0 amide bonds. The van der Waals surface area contributed by atoms with Gasteiger partial charge in [0.25, 0.3) is 0 Å². The second-order valence-corrected chi connectivity index (χ2v) is 4.72. The maximum atomic E-state index is 10.4. The number of carbonyl (C=O) groups is 1. The Balaban J connectivity index is 2.73. The molecule has 0 fully saturated rings. The van der Waals surface area contributed by atoms with E-state index in [4.69, 9.17) is 9.84 Å². The molecule has 0 bridgehead atoms. The molecule has 88 valence electrons. The Morgan fingerprint density at radius 2 is 2.06 bits per heavy atom. The Kier molecular flexibility index (Phi) is 4.68. The molecule has 0 aliphatic rings. The molecule has 0 radical (unpaired) electrons. The molecule has 1 N–H and O–H groups in total. The number of methoxy groups -OCH3 is 1. The zero-order valence-electron chi connectivity index (χ0n) is 9.74. The third-order valence-electron chi connectivity index (χ3n) is 2.27. The van der Waals surface area contributed by atoms with Crippen molar-refractivity contribution in [2.75, 3.05) is 12.9 Å². The van der Waals surface area contributed by atoms with Gasteiger partial charge in [-0.3, -0.25) is 4.79 Å². The van der Waals surface area contributed by atoms with Crippen LogP contribution < -0.4 is 4.74 Å². The van der Waals surface area contributed by atoms with Crippen molar-refractivity contribution in [1.29, 1.82) is 0 Å². The predicted octanol–water partition coefficient (Wildman–Crippen LogP) is 2.88. The molecule has 0 saturated carbocycles. The maximum Gasteiger partial charge on any atom is 0.304 e. The second kappa shape index (κ2) is 5.80. The van der Waals surface area contributed by atoms with Crippen LogP contribution in [0.2, 0.25) is 0 Å². The van der Waals surface area contributed by atoms with Gasteiger partial charge >= 0.3 is 5.97 Å². The molecule has 1 aromatic rings. The highest BCUT2D eigenvalue weighted by Gasteiger charge is 2.06. The van der Waals surface area contributed by atoms with Gasteiger partial charge in [0.05, 0.1) is 13.5 Å². The number of carboxylic acids is 1. The van der Waals surface area contributed by atoms with E-state index in [0.717, 1.165) is 21.8 Å². The Hall–Kier alpha value is -1.16. The number of benzene rings is 1. The van der Waals surface area contributed by atoms with Gasteiger partial charge in [0.2, 0.25) is 0 Å². The number of hydrogen-bond donors (Lipinski definition) is 1. The maximum absolute atomic E-state index is 10.4. The minimum Gasteiger partial charge on any atom is -0.496 e. The molecule has 0 spiro atoms. The average Bonchev–Trinajstić information content (AvgIpc) is 2.22. The van der Waals surface area contributed by atoms with Crippen LogP contribution in [0.5, 0.6) is 5.75 Å². The summed E-state index contributed by atoms with van der Waals surface area (Å²) in [6.45, 7) is 3.99. The Morgan fingerprint density at radius 1 is 1.38 bits per heavy atom. The van der Waals surface area contributed by atoms with E-state index in [-0.39, 0.29) is 6.42 Å². The molecule has 3 nitrogen and oxygen atoms in total. The van der Waals surface area contributed by atoms with Crippen molar-refractivity contribution >= 4 is 17.7 Å². The number of ether oxygens (including phenoxy) is 1. The number of hydrogen-bond acceptors (Lipinski definition) is 3. The van der Waals surface area contributed by atoms with Crippen LogP contribution in [0.4, 0.5) is 0 Å². The van der Waals surface area contributed by atoms with Crippen molar-refractivity contribution in [3.63, 3.8) is 0 Å². The van der Waals surface area contributed by atoms with E-state index in [1.807, 2.05) is 26.0 Å². The first-order valence-electron chi connectivity index (χ1n) is 5.04. The third kappa shape index (κ3) is 3.45. The van der Waals surface area contributed by atoms with Crippen molar-refractivity contribution in [3.8, 4) is 5.75 Å². The van der Waals surface area contributed by atoms with Gasteiger partial charge in [0.15, 0.2) is 0 Å². The summed E-state index contributed by atoms with van der Waals surface area (Å²) >= 11 is 1.57. The topological polar surface area (TPSA) is 46.5 Å². The van der Waals surface area contributed by atoms with Crippen LogP contribution in [0.1, 0.15) is 17.5 Å². The fourth-order valence-corrected chi connectivity index (χ4v) is 2.43. The molecule has 16 heavy (non-hydrogen) atoms. The highest BCUT2D eigenvalue weighted by Crippen LogP contribution is 2.29. The van der Waals surface area contributed by atoms with E-state index < -0.39 is 5.97 Å². The van der Waals surface area contributed by atoms with E-state index in [1.54, 1.807) is 18.9 Å². The van der Waals surface area contributed by atoms with Crippen molar-refractivity contribution in [2.45, 2.75) is 25.2 Å². The monoisotopic (exact) mass is 240 g/mol. The molecule has 0 unspecified atom stereocenters. The molecule has 1 aromatic carbocycles. The van der Waals surface area contributed by atoms with Crippen LogP contribution in [-0.2, 0) is 4.79 Å². The second-order valence-electron chi connectivity index (χ2n) is 3.58. The zero-order valence-corrected chi connectivity index (χ0v) is 10.6. The standard InChI is InChI=1S/C12H16O3S/c1-8-7-11(16-5-4-12(13)14)9(2)6-10(8)15-3/h6-7H,4-5H2,1-3H3,(H,13,14). The lowest BCUT2D eigenvalue weighted by molar-refractivity contribution is -0.136. The molecule has 0 heterocycles. The SMILES string of the molecule is COc1cc(C)c(SCCC(=O)O)cc1C. The van der Waals surface area contributed by atoms with Gasteiger partial charge in [0, 0.05) is 10.6 Å². The molecule has 4 heteroatoms. The Labute approximate surface area is 99.8 Å². The van der Waals surface area contributed by atoms with Crippen LogP contribution in [0.25, 0.3) is 0 Å². The largest absolute Gasteiger partial charge is 0.496 e. The van der Waals surface area contributed by atoms with Crippen molar-refractivity contribution < 1.29 is 14.6 Å². The normalized spacial score (nSPS) is 10.2. The number of thioether (sulfide) groups is 1. The number of aryl methyl sites for hydroxylation is 2. The lowest BCUT2D eigenvalue weighted by Crippen LogP contribution is -1.96. The molecular formula is C12H16O3S. The van der Waals surface area contributed by atoms with E-state index in [1.165, 1.54) is 0 Å². The van der Waals surface area contributed by atoms with E-state index in [0.29, 0.717) is 5.75 Å². The highest BCUT2D eigenvalue weighted by molar-refractivity contribution is 7.99. The quantitative estimate of drug-likeness (QED) is 0.804. The Bertz CT molecular complexity index is 388. The van der Waals surface area contributed by atoms with Crippen LogP contribution in [0.15, 0.2) is 17.0 Å². The molecule has 0 aliphatic heterocycles. The number of rotatable bonds is 5. The van der Waals surface area contributed by atoms with Gasteiger partial charge in [-0.15, -0.1) is 11.8 Å². The molecule has 0 aromatic heterocycles. The molecule has 0 aliphatic carbocycles. The van der Waals surface area contributed by atoms with Gasteiger partial charge in [-0.25, -0.2) is 0 Å². The van der Waals surface area contributed by atoms with E-state index >= 15 is 0 Å². The van der Waals surface area contributed by atoms with Gasteiger partial charge in [-0.1, -0.05) is 0 Å². The van der Waals surface area contributed by atoms with Crippen molar-refractivity contribution in [1.82, 2.24) is 0 Å².